The number of nitrogens with one attached hydrogen (secondary N) is 1. The van der Waals surface area contributed by atoms with E-state index in [1.54, 1.807) is 6.92 Å². The van der Waals surface area contributed by atoms with Gasteiger partial charge in [-0.15, -0.1) is 0 Å². The second-order valence-corrected chi connectivity index (χ2v) is 11.2. The Labute approximate surface area is 208 Å². The van der Waals surface area contributed by atoms with E-state index in [0.29, 0.717) is 24.8 Å². The van der Waals surface area contributed by atoms with Crippen LogP contribution in [0.5, 0.6) is 0 Å². The van der Waals surface area contributed by atoms with Gasteiger partial charge in [-0.3, -0.25) is 9.59 Å². The van der Waals surface area contributed by atoms with Gasteiger partial charge in [0.05, 0.1) is 17.8 Å². The van der Waals surface area contributed by atoms with E-state index in [2.05, 4.69) is 11.9 Å². The Morgan fingerprint density at radius 1 is 1.20 bits per heavy atom. The first kappa shape index (κ1) is 25.8. The highest BCUT2D eigenvalue weighted by molar-refractivity contribution is 6.09. The standard InChI is InChI=1S/C29H39NO5/c1-17-10-9-13-21-26(32)19(3)18(2)25-22(14-20-11-7-6-8-12-20)30-27(33)29(21,25)23(31)15-24(35-5)28(4,34)16-17/h6-9,11-13,17-18,21-22,24-26,32,34H,3,10,14-16H2,1-2,4-5H3,(H,30,33)/t17-,18+,21-,22-,24+,25-,26+,28-,29+/m0/s1. The van der Waals surface area contributed by atoms with Crippen LogP contribution in [0, 0.1) is 29.1 Å². The molecule has 1 amide bonds. The molecule has 3 N–H and O–H groups in total. The van der Waals surface area contributed by atoms with Crippen LogP contribution in [-0.4, -0.2) is 52.9 Å². The largest absolute Gasteiger partial charge is 0.388 e. The Morgan fingerprint density at radius 2 is 1.89 bits per heavy atom. The smallest absolute Gasteiger partial charge is 0.235 e. The quantitative estimate of drug-likeness (QED) is 0.455. The van der Waals surface area contributed by atoms with Gasteiger partial charge in [0.2, 0.25) is 5.91 Å². The van der Waals surface area contributed by atoms with E-state index in [9.17, 15) is 19.8 Å². The highest BCUT2D eigenvalue weighted by Gasteiger charge is 2.68. The Kier molecular flexibility index (Phi) is 7.11. The van der Waals surface area contributed by atoms with Crippen LogP contribution in [0.4, 0.5) is 0 Å². The van der Waals surface area contributed by atoms with Gasteiger partial charge >= 0.3 is 0 Å². The van der Waals surface area contributed by atoms with Crippen molar-refractivity contribution >= 4 is 11.7 Å². The van der Waals surface area contributed by atoms with Crippen LogP contribution < -0.4 is 5.32 Å². The topological polar surface area (TPSA) is 95.9 Å². The van der Waals surface area contributed by atoms with Crippen LogP contribution >= 0.6 is 0 Å². The summed E-state index contributed by atoms with van der Waals surface area (Å²) in [5.74, 6) is -1.86. The zero-order valence-electron chi connectivity index (χ0n) is 21.2. The van der Waals surface area contributed by atoms with Gasteiger partial charge in [-0.25, -0.2) is 0 Å². The summed E-state index contributed by atoms with van der Waals surface area (Å²) in [4.78, 5) is 28.2. The minimum absolute atomic E-state index is 0.103. The van der Waals surface area contributed by atoms with Crippen LogP contribution in [0.3, 0.4) is 0 Å². The maximum atomic E-state index is 14.3. The third kappa shape index (κ3) is 4.30. The van der Waals surface area contributed by atoms with Gasteiger partial charge in [-0.05, 0) is 49.2 Å². The molecule has 9 atom stereocenters. The molecule has 0 aromatic heterocycles. The molecule has 1 heterocycles. The number of carbonyl (C=O) groups is 2. The highest BCUT2D eigenvalue weighted by atomic mass is 16.5. The van der Waals surface area contributed by atoms with Gasteiger partial charge in [0.25, 0.3) is 0 Å². The van der Waals surface area contributed by atoms with E-state index >= 15 is 0 Å². The molecule has 1 spiro atoms. The fourth-order valence-corrected chi connectivity index (χ4v) is 7.02. The summed E-state index contributed by atoms with van der Waals surface area (Å²) in [6.07, 6.45) is 3.63. The summed E-state index contributed by atoms with van der Waals surface area (Å²) in [6, 6.07) is 9.63. The van der Waals surface area contributed by atoms with Crippen molar-refractivity contribution in [2.75, 3.05) is 7.11 Å². The Morgan fingerprint density at radius 3 is 2.54 bits per heavy atom. The van der Waals surface area contributed by atoms with Crippen LogP contribution in [0.2, 0.25) is 0 Å². The van der Waals surface area contributed by atoms with Gasteiger partial charge in [0.15, 0.2) is 5.78 Å². The van der Waals surface area contributed by atoms with Gasteiger partial charge in [-0.2, -0.15) is 0 Å². The molecule has 4 rings (SSSR count). The molecule has 35 heavy (non-hydrogen) atoms. The number of methoxy groups -OCH3 is 1. The van der Waals surface area contributed by atoms with Crippen molar-refractivity contribution in [1.82, 2.24) is 5.32 Å². The van der Waals surface area contributed by atoms with Crippen molar-refractivity contribution in [3.8, 4) is 0 Å². The molecule has 1 saturated carbocycles. The lowest BCUT2D eigenvalue weighted by molar-refractivity contribution is -0.157. The second kappa shape index (κ2) is 9.64. The number of hydrogen-bond donors (Lipinski definition) is 3. The highest BCUT2D eigenvalue weighted by Crippen LogP contribution is 2.57. The monoisotopic (exact) mass is 481 g/mol. The fraction of sp³-hybridized carbons (Fsp3) is 0.586. The van der Waals surface area contributed by atoms with Gasteiger partial charge in [0.1, 0.15) is 5.41 Å². The van der Waals surface area contributed by atoms with E-state index in [-0.39, 0.29) is 41.9 Å². The summed E-state index contributed by atoms with van der Waals surface area (Å²) >= 11 is 0. The fourth-order valence-electron chi connectivity index (χ4n) is 7.02. The molecule has 6 heteroatoms. The maximum absolute atomic E-state index is 14.3. The Hall–Kier alpha value is -2.28. The number of rotatable bonds is 3. The van der Waals surface area contributed by atoms with Crippen molar-refractivity contribution in [3.63, 3.8) is 0 Å². The minimum Gasteiger partial charge on any atom is -0.388 e. The average Bonchev–Trinajstić information content (AvgIpc) is 3.09. The number of ether oxygens (including phenoxy) is 1. The first-order valence-corrected chi connectivity index (χ1v) is 12.7. The van der Waals surface area contributed by atoms with Crippen LogP contribution in [-0.2, 0) is 20.7 Å². The van der Waals surface area contributed by atoms with Crippen molar-refractivity contribution in [3.05, 3.63) is 60.2 Å². The van der Waals surface area contributed by atoms with Crippen LogP contribution in [0.1, 0.15) is 45.6 Å². The number of aliphatic hydroxyl groups is 2. The number of carbonyl (C=O) groups excluding carboxylic acids is 2. The number of allylic oxidation sites excluding steroid dienone is 1. The molecule has 1 aromatic carbocycles. The second-order valence-electron chi connectivity index (χ2n) is 11.2. The first-order chi connectivity index (χ1) is 16.5. The maximum Gasteiger partial charge on any atom is 0.235 e. The number of aliphatic hydroxyl groups excluding tert-OH is 1. The van der Waals surface area contributed by atoms with Crippen molar-refractivity contribution in [1.29, 1.82) is 0 Å². The van der Waals surface area contributed by atoms with Gasteiger partial charge in [-0.1, -0.05) is 62.9 Å². The lowest BCUT2D eigenvalue weighted by Crippen LogP contribution is -2.59. The summed E-state index contributed by atoms with van der Waals surface area (Å²) in [5.41, 5.74) is -0.969. The molecule has 0 radical (unpaired) electrons. The minimum atomic E-state index is -1.46. The molecular weight excluding hydrogens is 442 g/mol. The normalized spacial score (nSPS) is 42.1. The lowest BCUT2D eigenvalue weighted by atomic mass is 9.51. The van der Waals surface area contributed by atoms with E-state index in [1.807, 2.05) is 56.3 Å². The van der Waals surface area contributed by atoms with Gasteiger partial charge in [0, 0.05) is 31.4 Å². The van der Waals surface area contributed by atoms with E-state index in [0.717, 1.165) is 5.56 Å². The first-order valence-electron chi connectivity index (χ1n) is 12.7. The number of Topliss-reactive ketones (excluding diaryl/α,β-unsaturated/α-hetero) is 1. The molecule has 1 saturated heterocycles. The molecule has 1 aliphatic heterocycles. The molecule has 6 nitrogen and oxygen atoms in total. The predicted octanol–water partition coefficient (Wildman–Crippen LogP) is 3.22. The SMILES string of the molecule is C=C1[C@@H](C)[C@H]2[C@H](Cc3ccccc3)NC(=O)[C@]23C(=O)C[C@@H](OC)[C@@](C)(O)C[C@@H](C)CC=C[C@H]3[C@@H]1O. The lowest BCUT2D eigenvalue weighted by Gasteiger charge is -2.49. The van der Waals surface area contributed by atoms with E-state index in [4.69, 9.17) is 4.74 Å². The Balaban J connectivity index is 1.85. The summed E-state index contributed by atoms with van der Waals surface area (Å²) in [7, 11) is 1.49. The van der Waals surface area contributed by atoms with Crippen LogP contribution in [0.15, 0.2) is 54.6 Å². The number of ketones is 1. The molecule has 3 aliphatic rings. The molecular formula is C29H39NO5. The number of benzene rings is 1. The molecule has 2 aliphatic carbocycles. The van der Waals surface area contributed by atoms with Crippen LogP contribution in [0.25, 0.3) is 0 Å². The summed E-state index contributed by atoms with van der Waals surface area (Å²) in [5, 5.41) is 25.8. The average molecular weight is 482 g/mol. The van der Waals surface area contributed by atoms with Gasteiger partial charge < -0.3 is 20.3 Å². The zero-order chi connectivity index (χ0) is 25.5. The number of amides is 1. The van der Waals surface area contributed by atoms with E-state index in [1.165, 1.54) is 7.11 Å². The molecule has 0 unspecified atom stereocenters. The predicted molar refractivity (Wildman–Crippen MR) is 134 cm³/mol. The molecule has 0 bridgehead atoms. The summed E-state index contributed by atoms with van der Waals surface area (Å²) in [6.45, 7) is 9.90. The third-order valence-corrected chi connectivity index (χ3v) is 8.77. The molecule has 2 fully saturated rings. The summed E-state index contributed by atoms with van der Waals surface area (Å²) < 4.78 is 5.65. The van der Waals surface area contributed by atoms with Crippen molar-refractivity contribution in [2.45, 2.75) is 70.3 Å². The number of hydrogen-bond acceptors (Lipinski definition) is 5. The molecule has 1 aromatic rings. The van der Waals surface area contributed by atoms with Crippen molar-refractivity contribution in [2.24, 2.45) is 29.1 Å². The zero-order valence-corrected chi connectivity index (χ0v) is 21.2. The van der Waals surface area contributed by atoms with Crippen molar-refractivity contribution < 1.29 is 24.5 Å². The van der Waals surface area contributed by atoms with E-state index < -0.39 is 29.1 Å². The Bertz CT molecular complexity index is 1000. The molecule has 190 valence electrons. The third-order valence-electron chi connectivity index (χ3n) is 8.77.